The number of carbonyl (C=O) groups is 3. The van der Waals surface area contributed by atoms with E-state index in [2.05, 4.69) is 20.8 Å². The van der Waals surface area contributed by atoms with Crippen LogP contribution in [0.3, 0.4) is 0 Å². The Kier molecular flexibility index (Phi) is 6.17. The molecule has 0 aromatic carbocycles. The fraction of sp³-hybridized carbons (Fsp3) is 0.800. The van der Waals surface area contributed by atoms with Crippen molar-refractivity contribution in [2.24, 2.45) is 17.8 Å². The van der Waals surface area contributed by atoms with Gasteiger partial charge in [0, 0.05) is 0 Å². The fourth-order valence-electron chi connectivity index (χ4n) is 2.85. The van der Waals surface area contributed by atoms with Crippen LogP contribution in [0.5, 0.6) is 0 Å². The van der Waals surface area contributed by atoms with E-state index < -0.39 is 30.6 Å². The van der Waals surface area contributed by atoms with E-state index in [1.165, 1.54) is 0 Å². The van der Waals surface area contributed by atoms with Crippen LogP contribution >= 0.6 is 0 Å². The lowest BCUT2D eigenvalue weighted by atomic mass is 9.75. The molecule has 0 amide bonds. The molecule has 0 aromatic heterocycles. The molecule has 1 aliphatic rings. The zero-order valence-corrected chi connectivity index (χ0v) is 12.4. The average Bonchev–Trinajstić information content (AvgIpc) is 2.26. The summed E-state index contributed by atoms with van der Waals surface area (Å²) >= 11 is 0. The Hall–Kier alpha value is -1.39. The van der Waals surface area contributed by atoms with Crippen molar-refractivity contribution in [1.82, 2.24) is 0 Å². The van der Waals surface area contributed by atoms with Crippen LogP contribution in [0.4, 0.5) is 0 Å². The number of carboxylic acids is 1. The number of Topliss-reactive ketones (excluding diaryl/α,β-unsaturated/α-hetero) is 1. The predicted molar refractivity (Wildman–Crippen MR) is 73.1 cm³/mol. The van der Waals surface area contributed by atoms with Gasteiger partial charge in [0.05, 0.1) is 0 Å². The second kappa shape index (κ2) is 7.41. The van der Waals surface area contributed by atoms with Crippen molar-refractivity contribution in [2.75, 3.05) is 0 Å². The Balaban J connectivity index is 2.53. The number of rotatable bonds is 6. The van der Waals surface area contributed by atoms with Gasteiger partial charge in [0.15, 0.2) is 5.78 Å². The first kappa shape index (κ1) is 16.7. The van der Waals surface area contributed by atoms with Crippen molar-refractivity contribution in [1.29, 1.82) is 0 Å². The molecule has 0 heterocycles. The molecule has 1 fully saturated rings. The van der Waals surface area contributed by atoms with Gasteiger partial charge in [0.2, 0.25) is 0 Å². The van der Waals surface area contributed by atoms with Crippen molar-refractivity contribution in [3.05, 3.63) is 0 Å². The number of ether oxygens (including phenoxy) is 1. The molecule has 0 aliphatic heterocycles. The third kappa shape index (κ3) is 5.31. The highest BCUT2D eigenvalue weighted by atomic mass is 16.5. The number of hydrogen-bond donors (Lipinski definition) is 1. The molecule has 0 spiro atoms. The second-order valence-corrected chi connectivity index (χ2v) is 6.14. The molecular weight excluding hydrogens is 260 g/mol. The summed E-state index contributed by atoms with van der Waals surface area (Å²) in [7, 11) is 0. The first-order valence-electron chi connectivity index (χ1n) is 7.22. The lowest BCUT2D eigenvalue weighted by Crippen LogP contribution is -2.36. The molecule has 1 saturated carbocycles. The maximum Gasteiger partial charge on any atom is 0.313 e. The number of carbonyl (C=O) groups excluding carboxylic acids is 2. The van der Waals surface area contributed by atoms with Crippen LogP contribution in [0.2, 0.25) is 0 Å². The van der Waals surface area contributed by atoms with Gasteiger partial charge >= 0.3 is 11.9 Å². The van der Waals surface area contributed by atoms with Crippen molar-refractivity contribution in [2.45, 2.75) is 59.0 Å². The summed E-state index contributed by atoms with van der Waals surface area (Å²) in [5, 5.41) is 8.49. The van der Waals surface area contributed by atoms with Crippen LogP contribution in [0.25, 0.3) is 0 Å². The predicted octanol–water partition coefficient (Wildman–Crippen LogP) is 2.42. The van der Waals surface area contributed by atoms with E-state index in [-0.39, 0.29) is 6.10 Å². The Labute approximate surface area is 119 Å². The fourth-order valence-corrected chi connectivity index (χ4v) is 2.85. The number of hydrogen-bond acceptors (Lipinski definition) is 4. The molecule has 20 heavy (non-hydrogen) atoms. The van der Waals surface area contributed by atoms with Gasteiger partial charge < -0.3 is 9.84 Å². The van der Waals surface area contributed by atoms with E-state index in [4.69, 9.17) is 9.84 Å². The summed E-state index contributed by atoms with van der Waals surface area (Å²) in [6.07, 6.45) is 1.77. The topological polar surface area (TPSA) is 80.7 Å². The zero-order valence-electron chi connectivity index (χ0n) is 12.4. The number of ketones is 1. The van der Waals surface area contributed by atoms with Gasteiger partial charge in [-0.3, -0.25) is 14.4 Å². The van der Waals surface area contributed by atoms with Gasteiger partial charge in [0.25, 0.3) is 0 Å². The minimum Gasteiger partial charge on any atom is -0.481 e. The Morgan fingerprint density at radius 3 is 2.40 bits per heavy atom. The Bertz CT molecular complexity index is 374. The summed E-state index contributed by atoms with van der Waals surface area (Å²) in [6.45, 7) is 6.35. The summed E-state index contributed by atoms with van der Waals surface area (Å²) in [5.74, 6) is -1.15. The highest BCUT2D eigenvalue weighted by Crippen LogP contribution is 2.35. The summed E-state index contributed by atoms with van der Waals surface area (Å²) in [5.41, 5.74) is 0. The Morgan fingerprint density at radius 2 is 1.85 bits per heavy atom. The monoisotopic (exact) mass is 284 g/mol. The van der Waals surface area contributed by atoms with Gasteiger partial charge in [-0.15, -0.1) is 0 Å². The van der Waals surface area contributed by atoms with Crippen LogP contribution in [-0.4, -0.2) is 28.9 Å². The molecule has 0 bridgehead atoms. The van der Waals surface area contributed by atoms with Gasteiger partial charge in [-0.1, -0.05) is 27.2 Å². The van der Waals surface area contributed by atoms with Crippen molar-refractivity contribution < 1.29 is 24.2 Å². The van der Waals surface area contributed by atoms with Crippen LogP contribution < -0.4 is 0 Å². The Morgan fingerprint density at radius 1 is 1.20 bits per heavy atom. The van der Waals surface area contributed by atoms with Crippen molar-refractivity contribution >= 4 is 17.7 Å². The van der Waals surface area contributed by atoms with Crippen LogP contribution in [-0.2, 0) is 19.1 Å². The first-order chi connectivity index (χ1) is 9.29. The summed E-state index contributed by atoms with van der Waals surface area (Å²) in [4.78, 5) is 33.4. The molecular formula is C15H24O5. The van der Waals surface area contributed by atoms with Crippen molar-refractivity contribution in [3.8, 4) is 0 Å². The molecule has 0 radical (unpaired) electrons. The molecule has 1 aliphatic carbocycles. The first-order valence-corrected chi connectivity index (χ1v) is 7.22. The maximum atomic E-state index is 11.7. The molecule has 114 valence electrons. The highest BCUT2D eigenvalue weighted by molar-refractivity contribution is 6.03. The quantitative estimate of drug-likeness (QED) is 0.598. The maximum absolute atomic E-state index is 11.7. The second-order valence-electron chi connectivity index (χ2n) is 6.14. The van der Waals surface area contributed by atoms with Gasteiger partial charge in [-0.25, -0.2) is 0 Å². The van der Waals surface area contributed by atoms with Gasteiger partial charge in [0.1, 0.15) is 18.9 Å². The minimum atomic E-state index is -1.21. The molecule has 5 heteroatoms. The minimum absolute atomic E-state index is 0.149. The molecule has 3 unspecified atom stereocenters. The van der Waals surface area contributed by atoms with Crippen LogP contribution in [0.15, 0.2) is 0 Å². The molecule has 0 saturated heterocycles. The van der Waals surface area contributed by atoms with E-state index in [9.17, 15) is 14.4 Å². The smallest absolute Gasteiger partial charge is 0.313 e. The van der Waals surface area contributed by atoms with E-state index >= 15 is 0 Å². The van der Waals surface area contributed by atoms with Crippen LogP contribution in [0.1, 0.15) is 52.9 Å². The third-order valence-corrected chi connectivity index (χ3v) is 3.93. The van der Waals surface area contributed by atoms with E-state index in [0.717, 1.165) is 19.3 Å². The average molecular weight is 284 g/mol. The summed E-state index contributed by atoms with van der Waals surface area (Å²) < 4.78 is 5.44. The van der Waals surface area contributed by atoms with E-state index in [1.807, 2.05) is 0 Å². The standard InChI is InChI=1S/C15H24O5/c1-9(2)12-5-4-10(3)6-13(12)20-15(19)8-11(16)7-14(17)18/h9-10,12-13H,4-8H2,1-3H3,(H,17,18). The van der Waals surface area contributed by atoms with E-state index in [0.29, 0.717) is 17.8 Å². The molecule has 3 atom stereocenters. The number of aliphatic carboxylic acids is 1. The molecule has 0 aromatic rings. The normalized spacial score (nSPS) is 26.3. The largest absolute Gasteiger partial charge is 0.481 e. The van der Waals surface area contributed by atoms with E-state index in [1.54, 1.807) is 0 Å². The highest BCUT2D eigenvalue weighted by Gasteiger charge is 2.33. The SMILES string of the molecule is CC1CCC(C(C)C)C(OC(=O)CC(=O)CC(=O)O)C1. The molecule has 1 N–H and O–H groups in total. The molecule has 1 rings (SSSR count). The van der Waals surface area contributed by atoms with Crippen molar-refractivity contribution in [3.63, 3.8) is 0 Å². The zero-order chi connectivity index (χ0) is 15.3. The van der Waals surface area contributed by atoms with Crippen LogP contribution in [0, 0.1) is 17.8 Å². The third-order valence-electron chi connectivity index (χ3n) is 3.93. The van der Waals surface area contributed by atoms with Gasteiger partial charge in [-0.05, 0) is 30.6 Å². The lowest BCUT2D eigenvalue weighted by molar-refractivity contribution is -0.157. The number of carboxylic acid groups (broad SMARTS) is 1. The number of esters is 1. The summed E-state index contributed by atoms with van der Waals surface area (Å²) in [6, 6.07) is 0. The lowest BCUT2D eigenvalue weighted by Gasteiger charge is -2.36. The molecule has 5 nitrogen and oxygen atoms in total. The van der Waals surface area contributed by atoms with Gasteiger partial charge in [-0.2, -0.15) is 0 Å².